The van der Waals surface area contributed by atoms with Crippen molar-refractivity contribution in [1.29, 1.82) is 0 Å². The minimum atomic E-state index is -0.209. The van der Waals surface area contributed by atoms with Gasteiger partial charge in [0.15, 0.2) is 5.58 Å². The monoisotopic (exact) mass is 324 g/mol. The number of anilines is 1. The van der Waals surface area contributed by atoms with E-state index in [4.69, 9.17) is 9.26 Å². The molecule has 1 aliphatic heterocycles. The van der Waals surface area contributed by atoms with Crippen molar-refractivity contribution in [3.05, 3.63) is 42.0 Å². The number of carbonyl (C=O) groups is 2. The number of hydrogen-bond acceptors (Lipinski definition) is 5. The maximum atomic E-state index is 12.6. The standard InChI is InChI=1S/C18H16N2O4/c1-2-9-23-16-14-10-11(7-8-15(14)24-19-16)20-17(21)12-5-3-4-6-13(12)18(20)22/h2,7-8,10H,1,3-6,9H2. The highest BCUT2D eigenvalue weighted by atomic mass is 16.5. The van der Waals surface area contributed by atoms with E-state index in [-0.39, 0.29) is 11.8 Å². The van der Waals surface area contributed by atoms with Gasteiger partial charge in [0, 0.05) is 11.1 Å². The number of aromatic nitrogens is 1. The van der Waals surface area contributed by atoms with Gasteiger partial charge in [-0.05, 0) is 49.0 Å². The van der Waals surface area contributed by atoms with Crippen molar-refractivity contribution in [3.8, 4) is 5.88 Å². The second-order valence-electron chi connectivity index (χ2n) is 5.88. The molecular formula is C18H16N2O4. The Morgan fingerprint density at radius 1 is 1.21 bits per heavy atom. The van der Waals surface area contributed by atoms with Crippen molar-refractivity contribution in [2.24, 2.45) is 0 Å². The van der Waals surface area contributed by atoms with Crippen LogP contribution in [0, 0.1) is 0 Å². The Morgan fingerprint density at radius 2 is 1.92 bits per heavy atom. The Hall–Kier alpha value is -2.89. The fraction of sp³-hybridized carbons (Fsp3) is 0.278. The summed E-state index contributed by atoms with van der Waals surface area (Å²) in [5.41, 5.74) is 2.38. The van der Waals surface area contributed by atoms with Crippen LogP contribution in [-0.2, 0) is 9.59 Å². The van der Waals surface area contributed by atoms with E-state index in [0.717, 1.165) is 12.8 Å². The van der Waals surface area contributed by atoms with Crippen molar-refractivity contribution < 1.29 is 18.8 Å². The predicted molar refractivity (Wildman–Crippen MR) is 87.7 cm³/mol. The van der Waals surface area contributed by atoms with E-state index in [1.807, 2.05) is 0 Å². The van der Waals surface area contributed by atoms with Gasteiger partial charge >= 0.3 is 0 Å². The van der Waals surface area contributed by atoms with Crippen LogP contribution in [0.5, 0.6) is 5.88 Å². The molecule has 6 heteroatoms. The van der Waals surface area contributed by atoms with Crippen LogP contribution < -0.4 is 9.64 Å². The van der Waals surface area contributed by atoms with Crippen molar-refractivity contribution in [3.63, 3.8) is 0 Å². The normalized spacial score (nSPS) is 17.6. The summed E-state index contributed by atoms with van der Waals surface area (Å²) in [5.74, 6) is -0.0957. The quantitative estimate of drug-likeness (QED) is 0.638. The number of nitrogens with zero attached hydrogens (tertiary/aromatic N) is 2. The fourth-order valence-corrected chi connectivity index (χ4v) is 3.26. The van der Waals surface area contributed by atoms with Crippen LogP contribution in [-0.4, -0.2) is 23.6 Å². The van der Waals surface area contributed by atoms with Crippen molar-refractivity contribution >= 4 is 28.5 Å². The molecule has 1 aromatic heterocycles. The van der Waals surface area contributed by atoms with Gasteiger partial charge in [0.1, 0.15) is 6.61 Å². The molecule has 1 aromatic carbocycles. The molecule has 0 radical (unpaired) electrons. The Bertz CT molecular complexity index is 866. The molecule has 2 heterocycles. The molecule has 4 rings (SSSR count). The molecule has 0 saturated heterocycles. The van der Waals surface area contributed by atoms with Crippen LogP contribution in [0.3, 0.4) is 0 Å². The minimum absolute atomic E-state index is 0.209. The number of ether oxygens (including phenoxy) is 1. The number of carbonyl (C=O) groups excluding carboxylic acids is 2. The summed E-state index contributed by atoms with van der Waals surface area (Å²) in [6.45, 7) is 3.89. The molecule has 0 N–H and O–H groups in total. The Labute approximate surface area is 138 Å². The second-order valence-corrected chi connectivity index (χ2v) is 5.88. The fourth-order valence-electron chi connectivity index (χ4n) is 3.26. The lowest BCUT2D eigenvalue weighted by Crippen LogP contribution is -2.31. The first kappa shape index (κ1) is 14.7. The van der Waals surface area contributed by atoms with Gasteiger partial charge in [-0.25, -0.2) is 4.90 Å². The van der Waals surface area contributed by atoms with Crippen LogP contribution in [0.15, 0.2) is 46.5 Å². The molecule has 122 valence electrons. The van der Waals surface area contributed by atoms with Gasteiger partial charge in [-0.2, -0.15) is 0 Å². The Morgan fingerprint density at radius 3 is 2.58 bits per heavy atom. The lowest BCUT2D eigenvalue weighted by atomic mass is 9.93. The zero-order valence-electron chi connectivity index (χ0n) is 13.1. The van der Waals surface area contributed by atoms with E-state index < -0.39 is 0 Å². The molecule has 0 unspecified atom stereocenters. The lowest BCUT2D eigenvalue weighted by Gasteiger charge is -2.15. The molecule has 0 spiro atoms. The maximum Gasteiger partial charge on any atom is 0.262 e. The smallest absolute Gasteiger partial charge is 0.262 e. The maximum absolute atomic E-state index is 12.6. The van der Waals surface area contributed by atoms with E-state index in [1.54, 1.807) is 24.3 Å². The highest BCUT2D eigenvalue weighted by molar-refractivity contribution is 6.33. The zero-order valence-corrected chi connectivity index (χ0v) is 13.1. The van der Waals surface area contributed by atoms with Gasteiger partial charge in [-0.1, -0.05) is 12.7 Å². The number of hydrogen-bond donors (Lipinski definition) is 0. The van der Waals surface area contributed by atoms with E-state index in [1.165, 1.54) is 4.90 Å². The van der Waals surface area contributed by atoms with Gasteiger partial charge in [-0.15, -0.1) is 0 Å². The molecule has 0 fully saturated rings. The first-order valence-electron chi connectivity index (χ1n) is 7.94. The minimum Gasteiger partial charge on any atom is -0.471 e. The number of benzene rings is 1. The summed E-state index contributed by atoms with van der Waals surface area (Å²) >= 11 is 0. The van der Waals surface area contributed by atoms with Gasteiger partial charge in [0.05, 0.1) is 11.1 Å². The summed E-state index contributed by atoms with van der Waals surface area (Å²) in [4.78, 5) is 26.5. The average molecular weight is 324 g/mol. The van der Waals surface area contributed by atoms with Gasteiger partial charge < -0.3 is 9.26 Å². The van der Waals surface area contributed by atoms with Crippen LogP contribution in [0.2, 0.25) is 0 Å². The summed E-state index contributed by atoms with van der Waals surface area (Å²) in [5, 5.41) is 4.49. The van der Waals surface area contributed by atoms with E-state index in [0.29, 0.717) is 53.1 Å². The summed E-state index contributed by atoms with van der Waals surface area (Å²) in [6.07, 6.45) is 4.88. The molecule has 2 aromatic rings. The number of imide groups is 1. The summed E-state index contributed by atoms with van der Waals surface area (Å²) in [6, 6.07) is 5.09. The number of amides is 2. The molecule has 0 saturated carbocycles. The van der Waals surface area contributed by atoms with Crippen LogP contribution >= 0.6 is 0 Å². The molecular weight excluding hydrogens is 308 g/mol. The van der Waals surface area contributed by atoms with Crippen molar-refractivity contribution in [1.82, 2.24) is 5.16 Å². The Balaban J connectivity index is 1.73. The largest absolute Gasteiger partial charge is 0.471 e. The third kappa shape index (κ3) is 2.14. The molecule has 2 amide bonds. The summed E-state index contributed by atoms with van der Waals surface area (Å²) < 4.78 is 10.7. The average Bonchev–Trinajstić information content (AvgIpc) is 3.12. The number of fused-ring (bicyclic) bond motifs is 1. The van der Waals surface area contributed by atoms with Gasteiger partial charge in [0.25, 0.3) is 17.7 Å². The summed E-state index contributed by atoms with van der Waals surface area (Å²) in [7, 11) is 0. The first-order chi connectivity index (χ1) is 11.7. The van der Waals surface area contributed by atoms with Gasteiger partial charge in [0.2, 0.25) is 0 Å². The van der Waals surface area contributed by atoms with E-state index in [9.17, 15) is 9.59 Å². The van der Waals surface area contributed by atoms with Gasteiger partial charge in [-0.3, -0.25) is 9.59 Å². The molecule has 1 aliphatic carbocycles. The molecule has 24 heavy (non-hydrogen) atoms. The Kier molecular flexibility index (Phi) is 3.45. The zero-order chi connectivity index (χ0) is 16.7. The highest BCUT2D eigenvalue weighted by Gasteiger charge is 2.39. The highest BCUT2D eigenvalue weighted by Crippen LogP contribution is 2.37. The molecule has 0 atom stereocenters. The predicted octanol–water partition coefficient (Wildman–Crippen LogP) is 3.14. The second kappa shape index (κ2) is 5.63. The van der Waals surface area contributed by atoms with E-state index in [2.05, 4.69) is 11.7 Å². The van der Waals surface area contributed by atoms with Crippen molar-refractivity contribution in [2.45, 2.75) is 25.7 Å². The third-order valence-corrected chi connectivity index (χ3v) is 4.41. The topological polar surface area (TPSA) is 72.6 Å². The van der Waals surface area contributed by atoms with E-state index >= 15 is 0 Å². The van der Waals surface area contributed by atoms with Crippen LogP contribution in [0.25, 0.3) is 11.0 Å². The van der Waals surface area contributed by atoms with Crippen molar-refractivity contribution in [2.75, 3.05) is 11.5 Å². The number of rotatable bonds is 4. The molecule has 0 bridgehead atoms. The molecule has 2 aliphatic rings. The molecule has 6 nitrogen and oxygen atoms in total. The first-order valence-corrected chi connectivity index (χ1v) is 7.94. The lowest BCUT2D eigenvalue weighted by molar-refractivity contribution is -0.120. The van der Waals surface area contributed by atoms with Crippen LogP contribution in [0.4, 0.5) is 5.69 Å². The third-order valence-electron chi connectivity index (χ3n) is 4.41. The van der Waals surface area contributed by atoms with Crippen LogP contribution in [0.1, 0.15) is 25.7 Å². The SMILES string of the molecule is C=CCOc1noc2ccc(N3C(=O)C4=C(CCCC4)C3=O)cc12.